The minimum absolute atomic E-state index is 0.121. The van der Waals surface area contributed by atoms with Crippen LogP contribution < -0.4 is 4.74 Å². The number of hydrogen-bond acceptors (Lipinski definition) is 3. The quantitative estimate of drug-likeness (QED) is 0.853. The van der Waals surface area contributed by atoms with E-state index in [2.05, 4.69) is 0 Å². The Morgan fingerprint density at radius 2 is 1.76 bits per heavy atom. The molecule has 5 heteroatoms. The molecular formula is C16H16O5. The molecule has 2 aromatic rings. The van der Waals surface area contributed by atoms with Gasteiger partial charge in [0.05, 0.1) is 19.4 Å². The minimum atomic E-state index is -1.12. The van der Waals surface area contributed by atoms with Gasteiger partial charge in [0, 0.05) is 0 Å². The highest BCUT2D eigenvalue weighted by Crippen LogP contribution is 2.28. The van der Waals surface area contributed by atoms with E-state index in [1.165, 1.54) is 7.11 Å². The highest BCUT2D eigenvalue weighted by molar-refractivity contribution is 5.85. The lowest BCUT2D eigenvalue weighted by Gasteiger charge is -2.14. The van der Waals surface area contributed by atoms with Crippen LogP contribution in [-0.4, -0.2) is 29.3 Å². The van der Waals surface area contributed by atoms with E-state index in [4.69, 9.17) is 14.9 Å². The Labute approximate surface area is 121 Å². The second-order valence-corrected chi connectivity index (χ2v) is 4.85. The molecule has 21 heavy (non-hydrogen) atoms. The highest BCUT2D eigenvalue weighted by atomic mass is 16.5. The molecule has 0 bridgehead atoms. The molecule has 0 aliphatic heterocycles. The van der Waals surface area contributed by atoms with Gasteiger partial charge in [0.1, 0.15) is 5.75 Å². The van der Waals surface area contributed by atoms with Crippen molar-refractivity contribution in [1.29, 1.82) is 0 Å². The SMILES string of the molecule is COc1cc2ccccc2cc1C[C@H](CC(=O)O)C(=O)O. The van der Waals surface area contributed by atoms with Gasteiger partial charge in [-0.05, 0) is 34.9 Å². The van der Waals surface area contributed by atoms with E-state index < -0.39 is 24.3 Å². The van der Waals surface area contributed by atoms with Crippen molar-refractivity contribution in [3.8, 4) is 5.75 Å². The van der Waals surface area contributed by atoms with Crippen LogP contribution in [0.2, 0.25) is 0 Å². The maximum Gasteiger partial charge on any atom is 0.307 e. The molecule has 0 aromatic heterocycles. The van der Waals surface area contributed by atoms with Crippen molar-refractivity contribution in [2.45, 2.75) is 12.8 Å². The van der Waals surface area contributed by atoms with Gasteiger partial charge in [0.25, 0.3) is 0 Å². The minimum Gasteiger partial charge on any atom is -0.496 e. The Hall–Kier alpha value is -2.56. The number of carboxylic acid groups (broad SMARTS) is 2. The van der Waals surface area contributed by atoms with Crippen LogP contribution in [0.4, 0.5) is 0 Å². The van der Waals surface area contributed by atoms with Gasteiger partial charge < -0.3 is 14.9 Å². The molecule has 110 valence electrons. The van der Waals surface area contributed by atoms with Gasteiger partial charge in [0.2, 0.25) is 0 Å². The zero-order valence-electron chi connectivity index (χ0n) is 11.6. The predicted molar refractivity (Wildman–Crippen MR) is 77.6 cm³/mol. The van der Waals surface area contributed by atoms with E-state index in [0.29, 0.717) is 11.3 Å². The summed E-state index contributed by atoms with van der Waals surface area (Å²) in [6, 6.07) is 11.4. The van der Waals surface area contributed by atoms with E-state index in [-0.39, 0.29) is 6.42 Å². The molecule has 0 saturated heterocycles. The molecule has 0 unspecified atom stereocenters. The normalized spacial score (nSPS) is 12.0. The van der Waals surface area contributed by atoms with Crippen molar-refractivity contribution >= 4 is 22.7 Å². The van der Waals surface area contributed by atoms with Gasteiger partial charge in [-0.1, -0.05) is 24.3 Å². The summed E-state index contributed by atoms with van der Waals surface area (Å²) < 4.78 is 5.30. The number of methoxy groups -OCH3 is 1. The summed E-state index contributed by atoms with van der Waals surface area (Å²) in [5, 5.41) is 19.9. The number of carbonyl (C=O) groups is 2. The van der Waals surface area contributed by atoms with Crippen LogP contribution in [0.5, 0.6) is 5.75 Å². The highest BCUT2D eigenvalue weighted by Gasteiger charge is 2.23. The zero-order chi connectivity index (χ0) is 15.4. The Balaban J connectivity index is 2.39. The molecule has 0 spiro atoms. The first-order valence-corrected chi connectivity index (χ1v) is 6.51. The molecule has 0 radical (unpaired) electrons. The molecule has 0 amide bonds. The zero-order valence-corrected chi connectivity index (χ0v) is 11.6. The fraction of sp³-hybridized carbons (Fsp3) is 0.250. The van der Waals surface area contributed by atoms with E-state index in [1.54, 1.807) is 0 Å². The van der Waals surface area contributed by atoms with Crippen molar-refractivity contribution in [1.82, 2.24) is 0 Å². The summed E-state index contributed by atoms with van der Waals surface area (Å²) in [6.07, 6.45) is -0.291. The molecule has 5 nitrogen and oxygen atoms in total. The number of ether oxygens (including phenoxy) is 1. The lowest BCUT2D eigenvalue weighted by molar-refractivity contribution is -0.148. The molecule has 2 aromatic carbocycles. The fourth-order valence-electron chi connectivity index (χ4n) is 2.34. The predicted octanol–water partition coefficient (Wildman–Crippen LogP) is 2.57. The molecule has 2 rings (SSSR count). The summed E-state index contributed by atoms with van der Waals surface area (Å²) in [5.41, 5.74) is 0.699. The van der Waals surface area contributed by atoms with Crippen LogP contribution in [0.3, 0.4) is 0 Å². The van der Waals surface area contributed by atoms with Gasteiger partial charge >= 0.3 is 11.9 Å². The van der Waals surface area contributed by atoms with Crippen molar-refractivity contribution < 1.29 is 24.5 Å². The maximum atomic E-state index is 11.2. The third-order valence-corrected chi connectivity index (χ3v) is 3.39. The first-order chi connectivity index (χ1) is 10.0. The number of aliphatic carboxylic acids is 2. The third kappa shape index (κ3) is 3.51. The van der Waals surface area contributed by atoms with Crippen LogP contribution >= 0.6 is 0 Å². The van der Waals surface area contributed by atoms with Crippen LogP contribution in [-0.2, 0) is 16.0 Å². The first kappa shape index (κ1) is 14.8. The van der Waals surface area contributed by atoms with E-state index >= 15 is 0 Å². The van der Waals surface area contributed by atoms with Crippen molar-refractivity contribution in [2.24, 2.45) is 5.92 Å². The number of benzene rings is 2. The fourth-order valence-corrected chi connectivity index (χ4v) is 2.34. The molecule has 0 aliphatic rings. The Morgan fingerprint density at radius 1 is 1.14 bits per heavy atom. The van der Waals surface area contributed by atoms with Gasteiger partial charge in [-0.25, -0.2) is 0 Å². The number of rotatable bonds is 6. The first-order valence-electron chi connectivity index (χ1n) is 6.51. The second-order valence-electron chi connectivity index (χ2n) is 4.85. The largest absolute Gasteiger partial charge is 0.496 e. The number of hydrogen-bond donors (Lipinski definition) is 2. The smallest absolute Gasteiger partial charge is 0.307 e. The molecule has 0 saturated carbocycles. The van der Waals surface area contributed by atoms with Gasteiger partial charge in [-0.3, -0.25) is 9.59 Å². The Kier molecular flexibility index (Phi) is 4.42. The van der Waals surface area contributed by atoms with E-state index in [1.807, 2.05) is 36.4 Å². The van der Waals surface area contributed by atoms with Crippen LogP contribution in [0, 0.1) is 5.92 Å². The van der Waals surface area contributed by atoms with Crippen LogP contribution in [0.15, 0.2) is 36.4 Å². The van der Waals surface area contributed by atoms with Gasteiger partial charge in [0.15, 0.2) is 0 Å². The second kappa shape index (κ2) is 6.26. The van der Waals surface area contributed by atoms with Gasteiger partial charge in [-0.2, -0.15) is 0 Å². The summed E-state index contributed by atoms with van der Waals surface area (Å²) >= 11 is 0. The standard InChI is InChI=1S/C16H16O5/c1-21-14-8-11-5-3-2-4-10(11)6-12(14)7-13(16(19)20)9-15(17)18/h2-6,8,13H,7,9H2,1H3,(H,17,18)(H,19,20)/t13-/m1/s1. The van der Waals surface area contributed by atoms with E-state index in [0.717, 1.165) is 10.8 Å². The molecule has 2 N–H and O–H groups in total. The summed E-state index contributed by atoms with van der Waals surface area (Å²) in [4.78, 5) is 22.0. The Bertz CT molecular complexity index is 677. The van der Waals surface area contributed by atoms with Crippen molar-refractivity contribution in [2.75, 3.05) is 7.11 Å². The van der Waals surface area contributed by atoms with Crippen molar-refractivity contribution in [3.63, 3.8) is 0 Å². The van der Waals surface area contributed by atoms with Crippen LogP contribution in [0.1, 0.15) is 12.0 Å². The maximum absolute atomic E-state index is 11.2. The topological polar surface area (TPSA) is 83.8 Å². The third-order valence-electron chi connectivity index (χ3n) is 3.39. The lowest BCUT2D eigenvalue weighted by atomic mass is 9.94. The average Bonchev–Trinajstić information content (AvgIpc) is 2.45. The number of fused-ring (bicyclic) bond motifs is 1. The monoisotopic (exact) mass is 288 g/mol. The average molecular weight is 288 g/mol. The Morgan fingerprint density at radius 3 is 2.29 bits per heavy atom. The van der Waals surface area contributed by atoms with E-state index in [9.17, 15) is 9.59 Å². The lowest BCUT2D eigenvalue weighted by Crippen LogP contribution is -2.20. The molecule has 0 heterocycles. The summed E-state index contributed by atoms with van der Waals surface area (Å²) in [6.45, 7) is 0. The molecule has 0 aliphatic carbocycles. The van der Waals surface area contributed by atoms with Crippen molar-refractivity contribution in [3.05, 3.63) is 42.0 Å². The van der Waals surface area contributed by atoms with Crippen LogP contribution in [0.25, 0.3) is 10.8 Å². The molecule has 1 atom stereocenters. The summed E-state index contributed by atoms with van der Waals surface area (Å²) in [5.74, 6) is -2.64. The molecular weight excluding hydrogens is 272 g/mol. The number of carboxylic acids is 2. The molecule has 0 fully saturated rings. The van der Waals surface area contributed by atoms with Gasteiger partial charge in [-0.15, -0.1) is 0 Å². The summed E-state index contributed by atoms with van der Waals surface area (Å²) in [7, 11) is 1.51.